The van der Waals surface area contributed by atoms with Crippen molar-refractivity contribution in [3.8, 4) is 0 Å². The minimum atomic E-state index is 0.720. The molecule has 0 spiro atoms. The largest absolute Gasteiger partial charge is 0.341 e. The molecule has 0 unspecified atom stereocenters. The minimum Gasteiger partial charge on any atom is -0.341 e. The molecule has 1 aromatic heterocycles. The van der Waals surface area contributed by atoms with Gasteiger partial charge in [0.05, 0.1) is 10.7 Å². The Kier molecular flexibility index (Phi) is 5.01. The van der Waals surface area contributed by atoms with Crippen LogP contribution in [0.5, 0.6) is 0 Å². The van der Waals surface area contributed by atoms with Gasteiger partial charge in [0.2, 0.25) is 5.95 Å². The Hall–Kier alpha value is -1.81. The van der Waals surface area contributed by atoms with E-state index in [-0.39, 0.29) is 0 Å². The molecule has 1 saturated heterocycles. The quantitative estimate of drug-likeness (QED) is 0.871. The summed E-state index contributed by atoms with van der Waals surface area (Å²) in [4.78, 5) is 11.4. The number of hydrogen-bond donors (Lipinski definition) is 1. The second-order valence-electron chi connectivity index (χ2n) is 6.21. The van der Waals surface area contributed by atoms with E-state index in [0.717, 1.165) is 46.7 Å². The van der Waals surface area contributed by atoms with Crippen LogP contribution in [0.1, 0.15) is 36.8 Å². The maximum absolute atomic E-state index is 6.38. The number of nitrogens with one attached hydrogen (secondary N) is 1. The predicted molar refractivity (Wildman–Crippen MR) is 96.9 cm³/mol. The molecule has 122 valence electrons. The summed E-state index contributed by atoms with van der Waals surface area (Å²) >= 11 is 6.38. The highest BCUT2D eigenvalue weighted by Crippen LogP contribution is 2.30. The fourth-order valence-electron chi connectivity index (χ4n) is 3.04. The van der Waals surface area contributed by atoms with Crippen LogP contribution >= 0.6 is 11.6 Å². The van der Waals surface area contributed by atoms with Crippen LogP contribution in [0.4, 0.5) is 17.5 Å². The molecule has 4 nitrogen and oxygen atoms in total. The lowest BCUT2D eigenvalue weighted by atomic mass is 10.1. The Morgan fingerprint density at radius 2 is 1.83 bits per heavy atom. The molecular formula is C18H23ClN4. The van der Waals surface area contributed by atoms with Gasteiger partial charge in [0, 0.05) is 19.3 Å². The maximum Gasteiger partial charge on any atom is 0.227 e. The summed E-state index contributed by atoms with van der Waals surface area (Å²) in [6, 6.07) is 5.97. The van der Waals surface area contributed by atoms with E-state index in [0.29, 0.717) is 0 Å². The summed E-state index contributed by atoms with van der Waals surface area (Å²) in [5.74, 6) is 1.59. The summed E-state index contributed by atoms with van der Waals surface area (Å²) in [6.45, 7) is 6.17. The number of anilines is 3. The molecule has 0 bridgehead atoms. The van der Waals surface area contributed by atoms with Gasteiger partial charge in [0.25, 0.3) is 0 Å². The SMILES string of the molecule is Cc1cc(C)c(Nc2ccnc(N3CCCCCC3)n2)c(Cl)c1. The summed E-state index contributed by atoms with van der Waals surface area (Å²) in [7, 11) is 0. The molecule has 2 heterocycles. The average Bonchev–Trinajstić information content (AvgIpc) is 2.80. The van der Waals surface area contributed by atoms with Gasteiger partial charge in [-0.15, -0.1) is 0 Å². The first-order valence-electron chi connectivity index (χ1n) is 8.25. The molecule has 1 aromatic carbocycles. The molecule has 2 aromatic rings. The Morgan fingerprint density at radius 1 is 1.09 bits per heavy atom. The maximum atomic E-state index is 6.38. The number of aryl methyl sites for hydroxylation is 2. The fraction of sp³-hybridized carbons (Fsp3) is 0.444. The lowest BCUT2D eigenvalue weighted by Gasteiger charge is -2.20. The average molecular weight is 331 g/mol. The number of hydrogen-bond acceptors (Lipinski definition) is 4. The Labute approximate surface area is 142 Å². The van der Waals surface area contributed by atoms with Crippen molar-refractivity contribution in [1.29, 1.82) is 0 Å². The van der Waals surface area contributed by atoms with E-state index in [9.17, 15) is 0 Å². The summed E-state index contributed by atoms with van der Waals surface area (Å²) in [6.07, 6.45) is 6.83. The zero-order valence-corrected chi connectivity index (χ0v) is 14.5. The van der Waals surface area contributed by atoms with Gasteiger partial charge in [-0.05, 0) is 49.9 Å². The molecule has 0 saturated carbocycles. The van der Waals surface area contributed by atoms with Crippen LogP contribution in [0.15, 0.2) is 24.4 Å². The summed E-state index contributed by atoms with van der Waals surface area (Å²) in [5.41, 5.74) is 3.19. The van der Waals surface area contributed by atoms with Crippen molar-refractivity contribution in [3.63, 3.8) is 0 Å². The molecule has 3 rings (SSSR count). The van der Waals surface area contributed by atoms with E-state index < -0.39 is 0 Å². The third-order valence-corrected chi connectivity index (χ3v) is 4.51. The van der Waals surface area contributed by atoms with Crippen molar-refractivity contribution in [2.75, 3.05) is 23.3 Å². The minimum absolute atomic E-state index is 0.720. The topological polar surface area (TPSA) is 41.1 Å². The predicted octanol–water partition coefficient (Wildman–Crippen LogP) is 4.87. The number of benzene rings is 1. The normalized spacial score (nSPS) is 15.3. The van der Waals surface area contributed by atoms with Gasteiger partial charge in [-0.25, -0.2) is 4.98 Å². The number of halogens is 1. The Balaban J connectivity index is 1.83. The zero-order chi connectivity index (χ0) is 16.2. The van der Waals surface area contributed by atoms with E-state index >= 15 is 0 Å². The molecule has 5 heteroatoms. The van der Waals surface area contributed by atoms with E-state index in [4.69, 9.17) is 11.6 Å². The van der Waals surface area contributed by atoms with Gasteiger partial charge in [-0.1, -0.05) is 30.5 Å². The lowest BCUT2D eigenvalue weighted by molar-refractivity contribution is 0.726. The first-order valence-corrected chi connectivity index (χ1v) is 8.63. The van der Waals surface area contributed by atoms with Gasteiger partial charge >= 0.3 is 0 Å². The number of aromatic nitrogens is 2. The van der Waals surface area contributed by atoms with Crippen molar-refractivity contribution in [2.24, 2.45) is 0 Å². The monoisotopic (exact) mass is 330 g/mol. The van der Waals surface area contributed by atoms with Gasteiger partial charge in [-0.3, -0.25) is 0 Å². The highest BCUT2D eigenvalue weighted by atomic mass is 35.5. The van der Waals surface area contributed by atoms with Crippen molar-refractivity contribution in [1.82, 2.24) is 9.97 Å². The molecule has 1 fully saturated rings. The molecule has 23 heavy (non-hydrogen) atoms. The molecule has 0 atom stereocenters. The van der Waals surface area contributed by atoms with Crippen LogP contribution in [0.2, 0.25) is 5.02 Å². The molecular weight excluding hydrogens is 308 g/mol. The van der Waals surface area contributed by atoms with E-state index in [1.165, 1.54) is 25.7 Å². The zero-order valence-electron chi connectivity index (χ0n) is 13.8. The van der Waals surface area contributed by atoms with E-state index in [1.54, 1.807) is 0 Å². The smallest absolute Gasteiger partial charge is 0.227 e. The van der Waals surface area contributed by atoms with Gasteiger partial charge in [-0.2, -0.15) is 4.98 Å². The molecule has 1 N–H and O–H groups in total. The van der Waals surface area contributed by atoms with Crippen LogP contribution < -0.4 is 10.2 Å². The Bertz CT molecular complexity index is 655. The van der Waals surface area contributed by atoms with Crippen LogP contribution in [-0.4, -0.2) is 23.1 Å². The van der Waals surface area contributed by atoms with Gasteiger partial charge in [0.1, 0.15) is 5.82 Å². The van der Waals surface area contributed by atoms with Crippen LogP contribution in [-0.2, 0) is 0 Å². The van der Waals surface area contributed by atoms with Crippen molar-refractivity contribution >= 4 is 29.1 Å². The second kappa shape index (κ2) is 7.18. The molecule has 0 radical (unpaired) electrons. The highest BCUT2D eigenvalue weighted by molar-refractivity contribution is 6.33. The second-order valence-corrected chi connectivity index (χ2v) is 6.61. The third kappa shape index (κ3) is 3.94. The van der Waals surface area contributed by atoms with Crippen LogP contribution in [0, 0.1) is 13.8 Å². The molecule has 1 aliphatic rings. The van der Waals surface area contributed by atoms with Gasteiger partial charge < -0.3 is 10.2 Å². The number of nitrogens with zero attached hydrogens (tertiary/aromatic N) is 3. The van der Waals surface area contributed by atoms with Crippen LogP contribution in [0.3, 0.4) is 0 Å². The van der Waals surface area contributed by atoms with Crippen molar-refractivity contribution in [3.05, 3.63) is 40.5 Å². The molecule has 0 amide bonds. The summed E-state index contributed by atoms with van der Waals surface area (Å²) in [5, 5.41) is 4.07. The first-order chi connectivity index (χ1) is 11.1. The standard InChI is InChI=1S/C18H23ClN4/c1-13-11-14(2)17(15(19)12-13)21-16-7-8-20-18(22-16)23-9-5-3-4-6-10-23/h7-8,11-12H,3-6,9-10H2,1-2H3,(H,20,21,22). The molecule has 1 aliphatic heterocycles. The molecule has 0 aliphatic carbocycles. The van der Waals surface area contributed by atoms with Crippen molar-refractivity contribution < 1.29 is 0 Å². The fourth-order valence-corrected chi connectivity index (χ4v) is 3.41. The van der Waals surface area contributed by atoms with Crippen LogP contribution in [0.25, 0.3) is 0 Å². The van der Waals surface area contributed by atoms with E-state index in [1.807, 2.05) is 25.3 Å². The van der Waals surface area contributed by atoms with Crippen molar-refractivity contribution in [2.45, 2.75) is 39.5 Å². The van der Waals surface area contributed by atoms with E-state index in [2.05, 4.69) is 33.2 Å². The highest BCUT2D eigenvalue weighted by Gasteiger charge is 2.13. The summed E-state index contributed by atoms with van der Waals surface area (Å²) < 4.78 is 0. The Morgan fingerprint density at radius 3 is 2.52 bits per heavy atom. The third-order valence-electron chi connectivity index (χ3n) is 4.22. The lowest BCUT2D eigenvalue weighted by Crippen LogP contribution is -2.26. The first kappa shape index (κ1) is 16.1. The van der Waals surface area contributed by atoms with Gasteiger partial charge in [0.15, 0.2) is 0 Å². The number of rotatable bonds is 3.